The fraction of sp³-hybridized carbons (Fsp3) is 0.278. The van der Waals surface area contributed by atoms with Crippen LogP contribution in [0.5, 0.6) is 11.5 Å². The molecule has 0 aliphatic carbocycles. The zero-order valence-electron chi connectivity index (χ0n) is 13.2. The minimum Gasteiger partial charge on any atom is -0.492 e. The molecule has 4 nitrogen and oxygen atoms in total. The summed E-state index contributed by atoms with van der Waals surface area (Å²) in [6.45, 7) is 4.32. The normalized spacial score (nSPS) is 11.6. The van der Waals surface area contributed by atoms with Gasteiger partial charge in [0.1, 0.15) is 11.5 Å². The first-order valence-electron chi connectivity index (χ1n) is 7.59. The fourth-order valence-electron chi connectivity index (χ4n) is 2.09. The Hall–Kier alpha value is -2.20. The van der Waals surface area contributed by atoms with Crippen molar-refractivity contribution in [2.24, 2.45) is 0 Å². The predicted molar refractivity (Wildman–Crippen MR) is 92.4 cm³/mol. The van der Waals surface area contributed by atoms with E-state index in [1.165, 1.54) is 0 Å². The summed E-state index contributed by atoms with van der Waals surface area (Å²) in [6, 6.07) is 14.3. The van der Waals surface area contributed by atoms with Crippen LogP contribution < -0.4 is 14.8 Å². The number of anilines is 1. The van der Waals surface area contributed by atoms with Crippen LogP contribution in [0.25, 0.3) is 0 Å². The van der Waals surface area contributed by atoms with Crippen molar-refractivity contribution < 1.29 is 14.3 Å². The molecule has 2 aromatic carbocycles. The number of ether oxygens (including phenoxy) is 2. The smallest absolute Gasteiger partial charge is 0.265 e. The quantitative estimate of drug-likeness (QED) is 0.809. The van der Waals surface area contributed by atoms with Crippen LogP contribution in [-0.4, -0.2) is 18.6 Å². The minimum atomic E-state index is -0.608. The maximum absolute atomic E-state index is 12.5. The molecule has 0 fully saturated rings. The molecule has 1 amide bonds. The third-order valence-electron chi connectivity index (χ3n) is 3.18. The van der Waals surface area contributed by atoms with Crippen molar-refractivity contribution in [1.29, 1.82) is 0 Å². The Morgan fingerprint density at radius 3 is 2.65 bits per heavy atom. The molecule has 122 valence electrons. The summed E-state index contributed by atoms with van der Waals surface area (Å²) >= 11 is 5.94. The molecule has 1 N–H and O–H groups in total. The molecule has 2 rings (SSSR count). The van der Waals surface area contributed by atoms with Crippen LogP contribution in [0.2, 0.25) is 5.02 Å². The summed E-state index contributed by atoms with van der Waals surface area (Å²) in [6.07, 6.45) is -0.0713. The van der Waals surface area contributed by atoms with E-state index in [-0.39, 0.29) is 5.91 Å². The van der Waals surface area contributed by atoms with E-state index < -0.39 is 6.10 Å². The predicted octanol–water partition coefficient (Wildman–Crippen LogP) is 4.53. The van der Waals surface area contributed by atoms with Crippen LogP contribution in [0, 0.1) is 0 Å². The molecule has 0 bridgehead atoms. The van der Waals surface area contributed by atoms with Gasteiger partial charge in [-0.3, -0.25) is 4.79 Å². The Morgan fingerprint density at radius 1 is 1.17 bits per heavy atom. The van der Waals surface area contributed by atoms with Gasteiger partial charge in [0.25, 0.3) is 5.91 Å². The topological polar surface area (TPSA) is 47.6 Å². The van der Waals surface area contributed by atoms with Crippen molar-refractivity contribution in [3.8, 4) is 11.5 Å². The van der Waals surface area contributed by atoms with Crippen molar-refractivity contribution in [3.05, 3.63) is 53.6 Å². The van der Waals surface area contributed by atoms with Gasteiger partial charge in [-0.1, -0.05) is 36.7 Å². The largest absolute Gasteiger partial charge is 0.492 e. The maximum atomic E-state index is 12.5. The van der Waals surface area contributed by atoms with E-state index in [1.807, 2.05) is 32.0 Å². The second-order valence-corrected chi connectivity index (χ2v) is 5.33. The van der Waals surface area contributed by atoms with E-state index in [0.29, 0.717) is 35.2 Å². The molecule has 0 radical (unpaired) electrons. The van der Waals surface area contributed by atoms with Gasteiger partial charge in [0.2, 0.25) is 0 Å². The zero-order valence-corrected chi connectivity index (χ0v) is 14.0. The highest BCUT2D eigenvalue weighted by atomic mass is 35.5. The Kier molecular flexibility index (Phi) is 6.29. The fourth-order valence-corrected chi connectivity index (χ4v) is 2.27. The second kappa shape index (κ2) is 8.44. The molecule has 1 atom stereocenters. The van der Waals surface area contributed by atoms with Gasteiger partial charge in [0.05, 0.1) is 12.3 Å². The standard InChI is InChI=1S/C18H20ClNO3/c1-3-16(23-14-9-7-8-13(19)12-14)18(21)20-15-10-5-6-11-17(15)22-4-2/h5-12,16H,3-4H2,1-2H3,(H,20,21). The number of carbonyl (C=O) groups is 1. The lowest BCUT2D eigenvalue weighted by Crippen LogP contribution is -2.32. The zero-order chi connectivity index (χ0) is 16.7. The molecular weight excluding hydrogens is 314 g/mol. The van der Waals surface area contributed by atoms with Gasteiger partial charge in [-0.15, -0.1) is 0 Å². The average molecular weight is 334 g/mol. The number of benzene rings is 2. The van der Waals surface area contributed by atoms with Crippen LogP contribution in [0.3, 0.4) is 0 Å². The third-order valence-corrected chi connectivity index (χ3v) is 3.42. The molecule has 5 heteroatoms. The number of carbonyl (C=O) groups excluding carboxylic acids is 1. The van der Waals surface area contributed by atoms with E-state index in [1.54, 1.807) is 30.3 Å². The van der Waals surface area contributed by atoms with E-state index in [9.17, 15) is 4.79 Å². The van der Waals surface area contributed by atoms with Crippen molar-refractivity contribution in [2.75, 3.05) is 11.9 Å². The van der Waals surface area contributed by atoms with Crippen molar-refractivity contribution in [3.63, 3.8) is 0 Å². The number of nitrogens with one attached hydrogen (secondary N) is 1. The molecule has 2 aromatic rings. The monoisotopic (exact) mass is 333 g/mol. The highest BCUT2D eigenvalue weighted by Crippen LogP contribution is 2.25. The van der Waals surface area contributed by atoms with Gasteiger partial charge >= 0.3 is 0 Å². The van der Waals surface area contributed by atoms with Gasteiger partial charge in [0, 0.05) is 5.02 Å². The Balaban J connectivity index is 2.08. The lowest BCUT2D eigenvalue weighted by molar-refractivity contribution is -0.122. The Morgan fingerprint density at radius 2 is 1.96 bits per heavy atom. The second-order valence-electron chi connectivity index (χ2n) is 4.89. The number of amides is 1. The molecular formula is C18H20ClNO3. The van der Waals surface area contributed by atoms with Crippen LogP contribution in [0.1, 0.15) is 20.3 Å². The molecule has 1 unspecified atom stereocenters. The summed E-state index contributed by atoms with van der Waals surface area (Å²) < 4.78 is 11.3. The molecule has 0 aromatic heterocycles. The van der Waals surface area contributed by atoms with E-state index in [2.05, 4.69) is 5.32 Å². The number of para-hydroxylation sites is 2. The van der Waals surface area contributed by atoms with Crippen molar-refractivity contribution >= 4 is 23.2 Å². The third kappa shape index (κ3) is 4.89. The van der Waals surface area contributed by atoms with Gasteiger partial charge < -0.3 is 14.8 Å². The summed E-state index contributed by atoms with van der Waals surface area (Å²) in [5.74, 6) is 0.984. The number of hydrogen-bond donors (Lipinski definition) is 1. The highest BCUT2D eigenvalue weighted by Gasteiger charge is 2.20. The first kappa shape index (κ1) is 17.2. The van der Waals surface area contributed by atoms with Gasteiger partial charge in [0.15, 0.2) is 6.10 Å². The van der Waals surface area contributed by atoms with Crippen molar-refractivity contribution in [1.82, 2.24) is 0 Å². The van der Waals surface area contributed by atoms with Gasteiger partial charge in [-0.05, 0) is 43.7 Å². The Labute approximate surface area is 141 Å². The molecule has 0 aliphatic rings. The average Bonchev–Trinajstić information content (AvgIpc) is 2.54. The summed E-state index contributed by atoms with van der Waals surface area (Å²) in [7, 11) is 0. The summed E-state index contributed by atoms with van der Waals surface area (Å²) in [5, 5.41) is 3.43. The molecule has 0 saturated carbocycles. The van der Waals surface area contributed by atoms with Crippen molar-refractivity contribution in [2.45, 2.75) is 26.4 Å². The lowest BCUT2D eigenvalue weighted by Gasteiger charge is -2.18. The lowest BCUT2D eigenvalue weighted by atomic mass is 10.2. The van der Waals surface area contributed by atoms with Crippen LogP contribution in [0.15, 0.2) is 48.5 Å². The van der Waals surface area contributed by atoms with Gasteiger partial charge in [-0.25, -0.2) is 0 Å². The Bertz CT molecular complexity index is 660. The first-order chi connectivity index (χ1) is 11.1. The maximum Gasteiger partial charge on any atom is 0.265 e. The first-order valence-corrected chi connectivity index (χ1v) is 7.96. The molecule has 0 spiro atoms. The number of rotatable bonds is 7. The van der Waals surface area contributed by atoms with Crippen LogP contribution in [0.4, 0.5) is 5.69 Å². The summed E-state index contributed by atoms with van der Waals surface area (Å²) in [5.41, 5.74) is 0.632. The summed E-state index contributed by atoms with van der Waals surface area (Å²) in [4.78, 5) is 12.5. The minimum absolute atomic E-state index is 0.223. The van der Waals surface area contributed by atoms with Crippen LogP contribution in [-0.2, 0) is 4.79 Å². The number of halogens is 1. The SMILES string of the molecule is CCOc1ccccc1NC(=O)C(CC)Oc1cccc(Cl)c1. The molecule has 23 heavy (non-hydrogen) atoms. The highest BCUT2D eigenvalue weighted by molar-refractivity contribution is 6.30. The van der Waals surface area contributed by atoms with E-state index >= 15 is 0 Å². The van der Waals surface area contributed by atoms with Gasteiger partial charge in [-0.2, -0.15) is 0 Å². The molecule has 0 saturated heterocycles. The number of hydrogen-bond acceptors (Lipinski definition) is 3. The molecule has 0 heterocycles. The molecule has 0 aliphatic heterocycles. The van der Waals surface area contributed by atoms with E-state index in [4.69, 9.17) is 21.1 Å². The van der Waals surface area contributed by atoms with Crippen LogP contribution >= 0.6 is 11.6 Å². The van der Waals surface area contributed by atoms with E-state index in [0.717, 1.165) is 0 Å².